The first-order chi connectivity index (χ1) is 15.0. The summed E-state index contributed by atoms with van der Waals surface area (Å²) < 4.78 is 53.1. The van der Waals surface area contributed by atoms with Crippen LogP contribution in [0.15, 0.2) is 83.8 Å². The van der Waals surface area contributed by atoms with Crippen LogP contribution >= 0.6 is 0 Å². The molecular formula is C23H21FN2O4S. The minimum Gasteiger partial charge on any atom is -0.493 e. The molecular weight excluding hydrogens is 419 g/mol. The minimum absolute atomic E-state index is 0.103. The summed E-state index contributed by atoms with van der Waals surface area (Å²) in [5, 5.41) is 0. The molecule has 0 bridgehead atoms. The van der Waals surface area contributed by atoms with Gasteiger partial charge in [0.05, 0.1) is 30.9 Å². The van der Waals surface area contributed by atoms with Gasteiger partial charge in [-0.25, -0.2) is 12.8 Å². The van der Waals surface area contributed by atoms with Gasteiger partial charge in [0.1, 0.15) is 5.82 Å². The lowest BCUT2D eigenvalue weighted by Gasteiger charge is -2.25. The Labute approximate surface area is 180 Å². The van der Waals surface area contributed by atoms with Crippen molar-refractivity contribution in [1.29, 1.82) is 0 Å². The van der Waals surface area contributed by atoms with Crippen LogP contribution in [-0.4, -0.2) is 27.1 Å². The van der Waals surface area contributed by atoms with Gasteiger partial charge < -0.3 is 14.9 Å². The monoisotopic (exact) mass is 440 g/mol. The van der Waals surface area contributed by atoms with Crippen molar-refractivity contribution in [3.63, 3.8) is 0 Å². The molecule has 6 nitrogen and oxygen atoms in total. The second kappa shape index (κ2) is 8.41. The summed E-state index contributed by atoms with van der Waals surface area (Å²) in [5.74, 6) is 0.547. The van der Waals surface area contributed by atoms with Gasteiger partial charge in [-0.1, -0.05) is 36.4 Å². The second-order valence-electron chi connectivity index (χ2n) is 6.84. The number of ether oxygens (including phenoxy) is 2. The Hall–Kier alpha value is -3.36. The molecule has 0 fully saturated rings. The number of benzene rings is 3. The Morgan fingerprint density at radius 1 is 0.903 bits per heavy atom. The van der Waals surface area contributed by atoms with E-state index in [2.05, 4.69) is 5.43 Å². The van der Waals surface area contributed by atoms with Crippen LogP contribution in [0.1, 0.15) is 17.2 Å². The fourth-order valence-electron chi connectivity index (χ4n) is 3.46. The van der Waals surface area contributed by atoms with Crippen molar-refractivity contribution in [2.75, 3.05) is 14.2 Å². The summed E-state index contributed by atoms with van der Waals surface area (Å²) in [6.45, 7) is 0. The van der Waals surface area contributed by atoms with E-state index in [4.69, 9.17) is 9.47 Å². The summed E-state index contributed by atoms with van der Waals surface area (Å²) in [6.07, 6.45) is 1.68. The molecule has 1 aliphatic rings. The highest BCUT2D eigenvalue weighted by molar-refractivity contribution is 7.89. The van der Waals surface area contributed by atoms with Gasteiger partial charge in [0.15, 0.2) is 11.5 Å². The Morgan fingerprint density at radius 2 is 1.58 bits per heavy atom. The Bertz CT molecular complexity index is 1230. The maximum atomic E-state index is 14.6. The molecule has 3 aromatic rings. The van der Waals surface area contributed by atoms with Crippen molar-refractivity contribution in [1.82, 2.24) is 9.84 Å². The van der Waals surface area contributed by atoms with Crippen LogP contribution in [0.4, 0.5) is 4.39 Å². The molecule has 0 radical (unpaired) electrons. The number of methoxy groups -OCH3 is 2. The molecule has 160 valence electrons. The van der Waals surface area contributed by atoms with E-state index in [-0.39, 0.29) is 10.5 Å². The average molecular weight is 440 g/mol. The van der Waals surface area contributed by atoms with E-state index in [9.17, 15) is 12.8 Å². The van der Waals surface area contributed by atoms with Crippen LogP contribution in [0.25, 0.3) is 5.70 Å². The first kappa shape index (κ1) is 20.9. The SMILES string of the molecule is COc1ccc(C2=CC(c3ccccc3F)N(S(=O)(=O)c3ccccc3)N2)cc1OC. The highest BCUT2D eigenvalue weighted by Gasteiger charge is 2.38. The average Bonchev–Trinajstić information content (AvgIpc) is 3.25. The maximum absolute atomic E-state index is 14.6. The van der Waals surface area contributed by atoms with Crippen LogP contribution in [0.3, 0.4) is 0 Å². The van der Waals surface area contributed by atoms with Gasteiger partial charge in [-0.05, 0) is 42.5 Å². The zero-order valence-corrected chi connectivity index (χ0v) is 17.8. The molecule has 4 rings (SSSR count). The van der Waals surface area contributed by atoms with E-state index in [1.807, 2.05) is 0 Å². The third kappa shape index (κ3) is 3.87. The molecule has 0 amide bonds. The molecule has 0 saturated heterocycles. The molecule has 8 heteroatoms. The lowest BCUT2D eigenvalue weighted by atomic mass is 10.0. The number of rotatable bonds is 6. The second-order valence-corrected chi connectivity index (χ2v) is 8.66. The number of sulfonamides is 1. The van der Waals surface area contributed by atoms with Crippen LogP contribution in [0, 0.1) is 5.82 Å². The summed E-state index contributed by atoms with van der Waals surface area (Å²) in [6, 6.07) is 18.5. The normalized spacial score (nSPS) is 16.5. The Morgan fingerprint density at radius 3 is 2.26 bits per heavy atom. The number of halogens is 1. The van der Waals surface area contributed by atoms with E-state index in [1.54, 1.807) is 60.7 Å². The Balaban J connectivity index is 1.81. The van der Waals surface area contributed by atoms with E-state index in [0.29, 0.717) is 22.8 Å². The summed E-state index contributed by atoms with van der Waals surface area (Å²) in [4.78, 5) is 0.103. The highest BCUT2D eigenvalue weighted by atomic mass is 32.2. The van der Waals surface area contributed by atoms with E-state index >= 15 is 0 Å². The van der Waals surface area contributed by atoms with Crippen molar-refractivity contribution >= 4 is 15.7 Å². The van der Waals surface area contributed by atoms with Crippen LogP contribution in [-0.2, 0) is 10.0 Å². The zero-order chi connectivity index (χ0) is 22.0. The van der Waals surface area contributed by atoms with Gasteiger partial charge in [0, 0.05) is 11.1 Å². The van der Waals surface area contributed by atoms with Gasteiger partial charge in [-0.15, -0.1) is 4.41 Å². The third-order valence-corrected chi connectivity index (χ3v) is 6.73. The van der Waals surface area contributed by atoms with Gasteiger partial charge in [0.2, 0.25) is 0 Å². The predicted molar refractivity (Wildman–Crippen MR) is 115 cm³/mol. The largest absolute Gasteiger partial charge is 0.493 e. The topological polar surface area (TPSA) is 67.9 Å². The van der Waals surface area contributed by atoms with E-state index in [1.165, 1.54) is 32.4 Å². The van der Waals surface area contributed by atoms with Crippen molar-refractivity contribution in [3.8, 4) is 11.5 Å². The number of hydrogen-bond acceptors (Lipinski definition) is 5. The summed E-state index contributed by atoms with van der Waals surface area (Å²) in [5.41, 5.74) is 4.37. The standard InChI is InChI=1S/C23H21FN2O4S/c1-29-22-13-12-16(14-23(22)30-2)20-15-21(18-10-6-7-11-19(18)24)26(25-20)31(27,28)17-8-4-3-5-9-17/h3-15,21,25H,1-2H3. The number of hydrazine groups is 1. The quantitative estimate of drug-likeness (QED) is 0.624. The fraction of sp³-hybridized carbons (Fsp3) is 0.130. The Kier molecular flexibility index (Phi) is 5.67. The van der Waals surface area contributed by atoms with E-state index in [0.717, 1.165) is 4.41 Å². The van der Waals surface area contributed by atoms with Crippen LogP contribution in [0.5, 0.6) is 11.5 Å². The smallest absolute Gasteiger partial charge is 0.260 e. The van der Waals surface area contributed by atoms with Crippen molar-refractivity contribution in [3.05, 3.63) is 95.8 Å². The van der Waals surface area contributed by atoms with Gasteiger partial charge in [-0.3, -0.25) is 0 Å². The van der Waals surface area contributed by atoms with Crippen molar-refractivity contribution in [2.45, 2.75) is 10.9 Å². The molecule has 0 aliphatic carbocycles. The molecule has 3 aromatic carbocycles. The molecule has 0 spiro atoms. The molecule has 31 heavy (non-hydrogen) atoms. The third-order valence-electron chi connectivity index (χ3n) is 5.03. The lowest BCUT2D eigenvalue weighted by molar-refractivity contribution is 0.341. The molecule has 1 heterocycles. The van der Waals surface area contributed by atoms with Gasteiger partial charge >= 0.3 is 0 Å². The molecule has 1 aliphatic heterocycles. The molecule has 1 N–H and O–H groups in total. The highest BCUT2D eigenvalue weighted by Crippen LogP contribution is 2.38. The lowest BCUT2D eigenvalue weighted by Crippen LogP contribution is -2.39. The molecule has 1 unspecified atom stereocenters. The molecule has 0 aromatic heterocycles. The van der Waals surface area contributed by atoms with Gasteiger partial charge in [0.25, 0.3) is 10.0 Å². The van der Waals surface area contributed by atoms with Crippen LogP contribution < -0.4 is 14.9 Å². The molecule has 0 saturated carbocycles. The van der Waals surface area contributed by atoms with Crippen molar-refractivity contribution in [2.24, 2.45) is 0 Å². The maximum Gasteiger partial charge on any atom is 0.260 e. The van der Waals surface area contributed by atoms with Crippen molar-refractivity contribution < 1.29 is 22.3 Å². The first-order valence-electron chi connectivity index (χ1n) is 9.50. The minimum atomic E-state index is -3.97. The predicted octanol–water partition coefficient (Wildman–Crippen LogP) is 4.13. The van der Waals surface area contributed by atoms with Gasteiger partial charge in [-0.2, -0.15) is 0 Å². The first-order valence-corrected chi connectivity index (χ1v) is 10.9. The summed E-state index contributed by atoms with van der Waals surface area (Å²) in [7, 11) is -0.920. The van der Waals surface area contributed by atoms with Crippen LogP contribution in [0.2, 0.25) is 0 Å². The zero-order valence-electron chi connectivity index (χ0n) is 16.9. The molecule has 1 atom stereocenters. The number of nitrogens with zero attached hydrogens (tertiary/aromatic N) is 1. The number of nitrogens with one attached hydrogen (secondary N) is 1. The summed E-state index contributed by atoms with van der Waals surface area (Å²) >= 11 is 0. The van der Waals surface area contributed by atoms with E-state index < -0.39 is 21.9 Å². The fourth-order valence-corrected chi connectivity index (χ4v) is 4.88. The number of hydrogen-bond donors (Lipinski definition) is 1.